The molecular formula is C24H35N2O3PS. The van der Waals surface area contributed by atoms with Crippen LogP contribution < -0.4 is 11.1 Å². The quantitative estimate of drug-likeness (QED) is 0.226. The molecule has 1 aromatic rings. The molecule has 1 heterocycles. The Bertz CT molecular complexity index is 843. The van der Waals surface area contributed by atoms with Crippen molar-refractivity contribution in [2.75, 3.05) is 31.7 Å². The molecule has 0 bridgehead atoms. The van der Waals surface area contributed by atoms with Gasteiger partial charge in [-0.15, -0.1) is 0 Å². The number of carbonyl (C=O) groups is 1. The number of ether oxygens (including phenoxy) is 1. The molecule has 0 spiro atoms. The number of nitrogens with two attached hydrogens (primary N) is 1. The maximum atomic E-state index is 13.6. The van der Waals surface area contributed by atoms with Crippen LogP contribution in [0.4, 0.5) is 5.69 Å². The number of unbranched alkanes of at least 4 members (excludes halogenated alkanes) is 1. The summed E-state index contributed by atoms with van der Waals surface area (Å²) in [5.41, 5.74) is 7.97. The Morgan fingerprint density at radius 3 is 2.55 bits per heavy atom. The fourth-order valence-electron chi connectivity index (χ4n) is 3.64. The van der Waals surface area contributed by atoms with Crippen LogP contribution in [0, 0.1) is 0 Å². The topological polar surface area (TPSA) is 81.4 Å². The van der Waals surface area contributed by atoms with E-state index in [0.29, 0.717) is 26.1 Å². The molecule has 0 aromatic heterocycles. The lowest BCUT2D eigenvalue weighted by Crippen LogP contribution is -2.47. The molecule has 3 N–H and O–H groups in total. The largest absolute Gasteiger partial charge is 0.385 e. The normalized spacial score (nSPS) is 18.5. The van der Waals surface area contributed by atoms with Gasteiger partial charge < -0.3 is 20.4 Å². The van der Waals surface area contributed by atoms with Crippen LogP contribution >= 0.6 is 17.7 Å². The van der Waals surface area contributed by atoms with Crippen LogP contribution in [0.2, 0.25) is 0 Å². The van der Waals surface area contributed by atoms with Gasteiger partial charge in [-0.1, -0.05) is 42.3 Å². The van der Waals surface area contributed by atoms with E-state index < -0.39 is 17.4 Å². The van der Waals surface area contributed by atoms with Crippen molar-refractivity contribution >= 4 is 29.3 Å². The molecule has 7 heteroatoms. The molecule has 2 rings (SSSR count). The molecule has 170 valence electrons. The molecule has 0 radical (unpaired) electrons. The van der Waals surface area contributed by atoms with Crippen molar-refractivity contribution in [1.82, 2.24) is 0 Å². The third-order valence-electron chi connectivity index (χ3n) is 5.68. The summed E-state index contributed by atoms with van der Waals surface area (Å²) in [6.45, 7) is 9.28. The Hall–Kier alpha value is -1.75. The van der Waals surface area contributed by atoms with Crippen LogP contribution in [0.1, 0.15) is 39.0 Å². The van der Waals surface area contributed by atoms with Crippen LogP contribution in [-0.2, 0) is 14.1 Å². The zero-order chi connectivity index (χ0) is 22.7. The van der Waals surface area contributed by atoms with Gasteiger partial charge in [0.2, 0.25) is 5.91 Å². The highest BCUT2D eigenvalue weighted by molar-refractivity contribution is 8.58. The molecule has 1 aliphatic heterocycles. The van der Waals surface area contributed by atoms with E-state index in [0.717, 1.165) is 36.4 Å². The number of carbonyl (C=O) groups excluding carboxylic acids is 1. The third kappa shape index (κ3) is 7.13. The predicted molar refractivity (Wildman–Crippen MR) is 133 cm³/mol. The summed E-state index contributed by atoms with van der Waals surface area (Å²) >= 11 is 1.28. The molecular weight excluding hydrogens is 427 g/mol. The summed E-state index contributed by atoms with van der Waals surface area (Å²) in [5, 5.41) is 2.44. The molecule has 1 saturated heterocycles. The molecule has 5 nitrogen and oxygen atoms in total. The minimum absolute atomic E-state index is 0.417. The van der Waals surface area contributed by atoms with Crippen LogP contribution in [0.25, 0.3) is 0 Å². The lowest BCUT2D eigenvalue weighted by Gasteiger charge is -2.38. The van der Waals surface area contributed by atoms with Gasteiger partial charge in [-0.25, -0.2) is 0 Å². The number of rotatable bonds is 12. The van der Waals surface area contributed by atoms with Gasteiger partial charge in [-0.3, -0.25) is 4.79 Å². The Morgan fingerprint density at radius 1 is 1.29 bits per heavy atom. The molecule has 1 fully saturated rings. The highest BCUT2D eigenvalue weighted by atomic mass is 32.7. The monoisotopic (exact) mass is 462 g/mol. The van der Waals surface area contributed by atoms with Crippen LogP contribution in [0.15, 0.2) is 65.6 Å². The number of nitrogens with one attached hydrogen (secondary N) is 1. The summed E-state index contributed by atoms with van der Waals surface area (Å²) < 4.78 is 18.9. The second-order valence-corrected chi connectivity index (χ2v) is 13.7. The first kappa shape index (κ1) is 25.5. The lowest BCUT2D eigenvalue weighted by atomic mass is 9.98. The molecule has 1 aliphatic rings. The minimum Gasteiger partial charge on any atom is -0.385 e. The Balaban J connectivity index is 1.87. The average molecular weight is 463 g/mol. The molecule has 1 amide bonds. The zero-order valence-electron chi connectivity index (χ0n) is 18.6. The highest BCUT2D eigenvalue weighted by Crippen LogP contribution is 2.70. The molecule has 0 aliphatic carbocycles. The van der Waals surface area contributed by atoms with Crippen molar-refractivity contribution in [3.05, 3.63) is 60.7 Å². The zero-order valence-corrected chi connectivity index (χ0v) is 20.4. The fourth-order valence-corrected chi connectivity index (χ4v) is 8.79. The van der Waals surface area contributed by atoms with E-state index >= 15 is 0 Å². The van der Waals surface area contributed by atoms with Crippen molar-refractivity contribution in [2.45, 2.75) is 49.1 Å². The number of hydrogen-bond acceptors (Lipinski definition) is 5. The van der Waals surface area contributed by atoms with E-state index in [4.69, 9.17) is 10.5 Å². The van der Waals surface area contributed by atoms with Crippen LogP contribution in [0.5, 0.6) is 0 Å². The number of primary amides is 1. The molecule has 31 heavy (non-hydrogen) atoms. The maximum absolute atomic E-state index is 13.6. The van der Waals surface area contributed by atoms with Gasteiger partial charge >= 0.3 is 0 Å². The lowest BCUT2D eigenvalue weighted by molar-refractivity contribution is -0.122. The first-order valence-electron chi connectivity index (χ1n) is 10.8. The molecule has 1 unspecified atom stereocenters. The Labute approximate surface area is 190 Å². The van der Waals surface area contributed by atoms with Gasteiger partial charge in [0, 0.05) is 30.3 Å². The highest BCUT2D eigenvalue weighted by Gasteiger charge is 2.51. The summed E-state index contributed by atoms with van der Waals surface area (Å²) in [6.07, 6.45) is 9.16. The van der Waals surface area contributed by atoms with E-state index in [-0.39, 0.29) is 0 Å². The van der Waals surface area contributed by atoms with Crippen LogP contribution in [0.3, 0.4) is 0 Å². The maximum Gasteiger partial charge on any atom is 0.232 e. The van der Waals surface area contributed by atoms with Gasteiger partial charge in [0.15, 0.2) is 6.34 Å². The summed E-state index contributed by atoms with van der Waals surface area (Å²) in [6, 6.07) is 7.88. The summed E-state index contributed by atoms with van der Waals surface area (Å²) in [4.78, 5) is 13.1. The molecule has 1 aromatic carbocycles. The van der Waals surface area contributed by atoms with Gasteiger partial charge in [0.25, 0.3) is 0 Å². The van der Waals surface area contributed by atoms with E-state index in [1.807, 2.05) is 49.4 Å². The van der Waals surface area contributed by atoms with Crippen molar-refractivity contribution in [2.24, 2.45) is 5.73 Å². The molecule has 1 atom stereocenters. The number of anilines is 1. The van der Waals surface area contributed by atoms with Gasteiger partial charge in [-0.2, -0.15) is 0 Å². The SMILES string of the molecule is C=C/C(=C\C=C/C)CCCCNc1ccc(SP(C)(=O)C2(C(N)=O)CCOCC2)cc1. The number of benzene rings is 1. The second-order valence-electron chi connectivity index (χ2n) is 7.83. The fraction of sp³-hybridized carbons (Fsp3) is 0.458. The number of amides is 1. The average Bonchev–Trinajstić information content (AvgIpc) is 2.76. The summed E-state index contributed by atoms with van der Waals surface area (Å²) in [7, 11) is 0. The van der Waals surface area contributed by atoms with E-state index in [1.54, 1.807) is 6.66 Å². The Morgan fingerprint density at radius 2 is 1.97 bits per heavy atom. The standard InChI is InChI=1S/C24H35N2O3PS/c1-4-6-9-20(5-2)10-7-8-17-26-21-11-13-22(14-12-21)31-30(3,28)24(23(25)27)15-18-29-19-16-24/h4-6,9,11-14,26H,2,7-8,10,15-19H2,1,3H3,(H2,25,27)/b6-4-,20-9+. The van der Waals surface area contributed by atoms with Gasteiger partial charge in [0.1, 0.15) is 5.16 Å². The number of allylic oxidation sites excluding steroid dienone is 5. The van der Waals surface area contributed by atoms with Crippen molar-refractivity contribution in [1.29, 1.82) is 0 Å². The van der Waals surface area contributed by atoms with E-state index in [2.05, 4.69) is 18.0 Å². The Kier molecular flexibility index (Phi) is 10.1. The summed E-state index contributed by atoms with van der Waals surface area (Å²) in [5.74, 6) is -0.479. The third-order valence-corrected chi connectivity index (χ3v) is 11.5. The van der Waals surface area contributed by atoms with E-state index in [1.165, 1.54) is 17.0 Å². The first-order valence-corrected chi connectivity index (χ1v) is 14.4. The van der Waals surface area contributed by atoms with Crippen LogP contribution in [-0.4, -0.2) is 37.5 Å². The van der Waals surface area contributed by atoms with Crippen molar-refractivity contribution in [3.63, 3.8) is 0 Å². The smallest absolute Gasteiger partial charge is 0.232 e. The van der Waals surface area contributed by atoms with Crippen molar-refractivity contribution in [3.8, 4) is 0 Å². The minimum atomic E-state index is -2.92. The van der Waals surface area contributed by atoms with E-state index in [9.17, 15) is 9.36 Å². The van der Waals surface area contributed by atoms with Gasteiger partial charge in [-0.05, 0) is 75.5 Å². The first-order chi connectivity index (χ1) is 14.8. The number of hydrogen-bond donors (Lipinski definition) is 2. The second kappa shape index (κ2) is 12.3. The predicted octanol–water partition coefficient (Wildman–Crippen LogP) is 5.99. The van der Waals surface area contributed by atoms with Crippen molar-refractivity contribution < 1.29 is 14.1 Å². The van der Waals surface area contributed by atoms with Gasteiger partial charge in [0.05, 0.1) is 0 Å². The molecule has 0 saturated carbocycles.